The predicted octanol–water partition coefficient (Wildman–Crippen LogP) is 3.21. The maximum atomic E-state index is 12.3. The molecule has 0 unspecified atom stereocenters. The fourth-order valence-electron chi connectivity index (χ4n) is 3.68. The Morgan fingerprint density at radius 3 is 2.14 bits per heavy atom. The van der Waals surface area contributed by atoms with Gasteiger partial charge < -0.3 is 10.2 Å². The minimum Gasteiger partial charge on any atom is -0.356 e. The number of benzene rings is 2. The monoisotopic (exact) mass is 393 g/mol. The van der Waals surface area contributed by atoms with Crippen LogP contribution in [0.3, 0.4) is 0 Å². The van der Waals surface area contributed by atoms with Gasteiger partial charge in [-0.15, -0.1) is 0 Å². The van der Waals surface area contributed by atoms with E-state index in [4.69, 9.17) is 0 Å². The van der Waals surface area contributed by atoms with Crippen LogP contribution >= 0.6 is 0 Å². The Labute approximate surface area is 173 Å². The molecule has 1 aliphatic rings. The predicted molar refractivity (Wildman–Crippen MR) is 115 cm³/mol. The minimum absolute atomic E-state index is 0.0730. The number of carbonyl (C=O) groups excluding carboxylic acids is 2. The molecule has 29 heavy (non-hydrogen) atoms. The standard InChI is InChI=1S/C24H31N3O2/c28-23(25-15-8-17-27-16-7-13-24(27)29)14-18-26(19-21-9-3-1-4-10-21)20-22-11-5-2-6-12-22/h1-6,9-12H,7-8,13-20H2,(H,25,28). The molecule has 2 amide bonds. The molecule has 5 nitrogen and oxygen atoms in total. The number of nitrogens with one attached hydrogen (secondary N) is 1. The quantitative estimate of drug-likeness (QED) is 0.597. The molecular formula is C24H31N3O2. The number of hydrogen-bond donors (Lipinski definition) is 1. The van der Waals surface area contributed by atoms with Gasteiger partial charge in [0.15, 0.2) is 0 Å². The van der Waals surface area contributed by atoms with Crippen molar-refractivity contribution in [2.45, 2.75) is 38.8 Å². The first-order valence-corrected chi connectivity index (χ1v) is 10.6. The summed E-state index contributed by atoms with van der Waals surface area (Å²) in [6, 6.07) is 20.7. The van der Waals surface area contributed by atoms with E-state index < -0.39 is 0 Å². The van der Waals surface area contributed by atoms with E-state index in [1.165, 1.54) is 11.1 Å². The molecule has 2 aromatic rings. The van der Waals surface area contributed by atoms with Crippen LogP contribution < -0.4 is 5.32 Å². The Balaban J connectivity index is 1.43. The number of amides is 2. The molecule has 0 radical (unpaired) electrons. The van der Waals surface area contributed by atoms with Crippen molar-refractivity contribution in [1.29, 1.82) is 0 Å². The van der Waals surface area contributed by atoms with Crippen molar-refractivity contribution >= 4 is 11.8 Å². The number of likely N-dealkylation sites (tertiary alicyclic amines) is 1. The number of carbonyl (C=O) groups is 2. The molecule has 1 heterocycles. The van der Waals surface area contributed by atoms with Crippen LogP contribution in [0, 0.1) is 0 Å². The van der Waals surface area contributed by atoms with Gasteiger partial charge in [-0.3, -0.25) is 14.5 Å². The van der Waals surface area contributed by atoms with E-state index in [-0.39, 0.29) is 11.8 Å². The Morgan fingerprint density at radius 2 is 1.59 bits per heavy atom. The third-order valence-electron chi connectivity index (χ3n) is 5.25. The van der Waals surface area contributed by atoms with Crippen molar-refractivity contribution in [3.05, 3.63) is 71.8 Å². The molecule has 5 heteroatoms. The summed E-state index contributed by atoms with van der Waals surface area (Å²) in [5, 5.41) is 3.00. The maximum absolute atomic E-state index is 12.3. The Hall–Kier alpha value is -2.66. The molecule has 1 fully saturated rings. The summed E-state index contributed by atoms with van der Waals surface area (Å²) in [5.74, 6) is 0.317. The minimum atomic E-state index is 0.0730. The normalized spacial score (nSPS) is 13.8. The lowest BCUT2D eigenvalue weighted by atomic mass is 10.1. The van der Waals surface area contributed by atoms with Gasteiger partial charge in [-0.25, -0.2) is 0 Å². The van der Waals surface area contributed by atoms with Crippen molar-refractivity contribution in [3.8, 4) is 0 Å². The summed E-state index contributed by atoms with van der Waals surface area (Å²) >= 11 is 0. The third-order valence-corrected chi connectivity index (χ3v) is 5.25. The zero-order valence-electron chi connectivity index (χ0n) is 17.1. The summed E-state index contributed by atoms with van der Waals surface area (Å²) in [4.78, 5) is 28.1. The van der Waals surface area contributed by atoms with Gasteiger partial charge in [-0.1, -0.05) is 60.7 Å². The first-order chi connectivity index (χ1) is 14.2. The lowest BCUT2D eigenvalue weighted by molar-refractivity contribution is -0.127. The summed E-state index contributed by atoms with van der Waals surface area (Å²) in [6.07, 6.45) is 2.92. The van der Waals surface area contributed by atoms with Crippen LogP contribution in [0.5, 0.6) is 0 Å². The highest BCUT2D eigenvalue weighted by atomic mass is 16.2. The highest BCUT2D eigenvalue weighted by molar-refractivity contribution is 5.78. The van der Waals surface area contributed by atoms with E-state index in [1.807, 2.05) is 41.3 Å². The lowest BCUT2D eigenvalue weighted by Crippen LogP contribution is -2.33. The van der Waals surface area contributed by atoms with E-state index >= 15 is 0 Å². The van der Waals surface area contributed by atoms with Crippen LogP contribution in [0.4, 0.5) is 0 Å². The summed E-state index contributed by atoms with van der Waals surface area (Å²) in [7, 11) is 0. The lowest BCUT2D eigenvalue weighted by Gasteiger charge is -2.22. The third kappa shape index (κ3) is 7.35. The largest absolute Gasteiger partial charge is 0.356 e. The van der Waals surface area contributed by atoms with Crippen LogP contribution in [0.1, 0.15) is 36.8 Å². The molecule has 0 aliphatic carbocycles. The fraction of sp³-hybridized carbons (Fsp3) is 0.417. The first kappa shape index (κ1) is 21.1. The average molecular weight is 394 g/mol. The fourth-order valence-corrected chi connectivity index (χ4v) is 3.68. The second kappa shape index (κ2) is 11.4. The van der Waals surface area contributed by atoms with Gasteiger partial charge in [0.2, 0.25) is 11.8 Å². The van der Waals surface area contributed by atoms with Crippen molar-refractivity contribution in [1.82, 2.24) is 15.1 Å². The first-order valence-electron chi connectivity index (χ1n) is 10.6. The highest BCUT2D eigenvalue weighted by Gasteiger charge is 2.19. The van der Waals surface area contributed by atoms with Crippen molar-refractivity contribution < 1.29 is 9.59 Å². The van der Waals surface area contributed by atoms with Crippen molar-refractivity contribution in [3.63, 3.8) is 0 Å². The Bertz CT molecular complexity index is 723. The van der Waals surface area contributed by atoms with Gasteiger partial charge >= 0.3 is 0 Å². The van der Waals surface area contributed by atoms with E-state index in [2.05, 4.69) is 34.5 Å². The van der Waals surface area contributed by atoms with Gasteiger partial charge in [0.1, 0.15) is 0 Å². The maximum Gasteiger partial charge on any atom is 0.222 e. The molecular weight excluding hydrogens is 362 g/mol. The van der Waals surface area contributed by atoms with Crippen LogP contribution in [0.15, 0.2) is 60.7 Å². The Morgan fingerprint density at radius 1 is 0.966 bits per heavy atom. The van der Waals surface area contributed by atoms with E-state index in [0.717, 1.165) is 39.0 Å². The number of nitrogens with zero attached hydrogens (tertiary/aromatic N) is 2. The SMILES string of the molecule is O=C(CCN(Cc1ccccc1)Cc1ccccc1)NCCCN1CCCC1=O. The van der Waals surface area contributed by atoms with Crippen LogP contribution in [-0.4, -0.2) is 47.8 Å². The molecule has 154 valence electrons. The molecule has 3 rings (SSSR count). The summed E-state index contributed by atoms with van der Waals surface area (Å²) < 4.78 is 0. The van der Waals surface area contributed by atoms with E-state index in [9.17, 15) is 9.59 Å². The zero-order chi connectivity index (χ0) is 20.3. The van der Waals surface area contributed by atoms with Crippen molar-refractivity contribution in [2.24, 2.45) is 0 Å². The molecule has 0 saturated carbocycles. The molecule has 1 aliphatic heterocycles. The van der Waals surface area contributed by atoms with Gasteiger partial charge in [-0.2, -0.15) is 0 Å². The van der Waals surface area contributed by atoms with Gasteiger partial charge in [-0.05, 0) is 24.0 Å². The van der Waals surface area contributed by atoms with Crippen LogP contribution in [0.25, 0.3) is 0 Å². The smallest absolute Gasteiger partial charge is 0.222 e. The van der Waals surface area contributed by atoms with Crippen LogP contribution in [0.2, 0.25) is 0 Å². The molecule has 1 N–H and O–H groups in total. The summed E-state index contributed by atoms with van der Waals surface area (Å²) in [5.41, 5.74) is 2.50. The van der Waals surface area contributed by atoms with Crippen molar-refractivity contribution in [2.75, 3.05) is 26.2 Å². The van der Waals surface area contributed by atoms with Crippen LogP contribution in [-0.2, 0) is 22.7 Å². The summed E-state index contributed by atoms with van der Waals surface area (Å²) in [6.45, 7) is 4.58. The number of rotatable bonds is 11. The van der Waals surface area contributed by atoms with E-state index in [1.54, 1.807) is 0 Å². The average Bonchev–Trinajstić information content (AvgIpc) is 3.15. The second-order valence-electron chi connectivity index (χ2n) is 7.62. The highest BCUT2D eigenvalue weighted by Crippen LogP contribution is 2.11. The van der Waals surface area contributed by atoms with Gasteiger partial charge in [0.05, 0.1) is 0 Å². The van der Waals surface area contributed by atoms with Gasteiger partial charge in [0.25, 0.3) is 0 Å². The Kier molecular flexibility index (Phi) is 8.25. The molecule has 0 atom stereocenters. The molecule has 0 spiro atoms. The molecule has 0 bridgehead atoms. The number of hydrogen-bond acceptors (Lipinski definition) is 3. The topological polar surface area (TPSA) is 52.7 Å². The van der Waals surface area contributed by atoms with E-state index in [0.29, 0.717) is 25.9 Å². The van der Waals surface area contributed by atoms with Gasteiger partial charge in [0, 0.05) is 52.1 Å². The molecule has 1 saturated heterocycles. The molecule has 2 aromatic carbocycles. The molecule has 0 aromatic heterocycles. The zero-order valence-corrected chi connectivity index (χ0v) is 17.1. The second-order valence-corrected chi connectivity index (χ2v) is 7.62.